The first kappa shape index (κ1) is 18.0. The smallest absolute Gasteiger partial charge is 0.253 e. The lowest BCUT2D eigenvalue weighted by Gasteiger charge is -2.34. The Morgan fingerprint density at radius 2 is 1.54 bits per heavy atom. The highest BCUT2D eigenvalue weighted by molar-refractivity contribution is 5.94. The second-order valence-corrected chi connectivity index (χ2v) is 5.83. The molecule has 0 unspecified atom stereocenters. The minimum absolute atomic E-state index is 0.0154. The van der Waals surface area contributed by atoms with E-state index >= 15 is 0 Å². The summed E-state index contributed by atoms with van der Waals surface area (Å²) in [5, 5.41) is 0. The van der Waals surface area contributed by atoms with E-state index in [-0.39, 0.29) is 30.4 Å². The Labute approximate surface area is 142 Å². The van der Waals surface area contributed by atoms with Crippen molar-refractivity contribution in [2.24, 2.45) is 0 Å². The molecule has 0 radical (unpaired) electrons. The number of carbonyl (C=O) groups is 3. The molecule has 0 aromatic heterocycles. The van der Waals surface area contributed by atoms with Crippen molar-refractivity contribution in [2.75, 3.05) is 32.8 Å². The molecule has 0 bridgehead atoms. The van der Waals surface area contributed by atoms with E-state index in [1.165, 1.54) is 6.92 Å². The number of amides is 2. The summed E-state index contributed by atoms with van der Waals surface area (Å²) >= 11 is 0. The van der Waals surface area contributed by atoms with E-state index in [9.17, 15) is 14.4 Å². The van der Waals surface area contributed by atoms with E-state index < -0.39 is 0 Å². The van der Waals surface area contributed by atoms with Crippen molar-refractivity contribution >= 4 is 17.6 Å². The van der Waals surface area contributed by atoms with Crippen LogP contribution in [0, 0.1) is 0 Å². The molecular formula is C18H24N2O4. The fourth-order valence-electron chi connectivity index (χ4n) is 2.64. The highest BCUT2D eigenvalue weighted by Crippen LogP contribution is 2.15. The second kappa shape index (κ2) is 8.47. The van der Waals surface area contributed by atoms with E-state index in [1.54, 1.807) is 34.1 Å². The maximum atomic E-state index is 12.5. The van der Waals surface area contributed by atoms with Gasteiger partial charge in [-0.05, 0) is 38.1 Å². The Hall–Kier alpha value is -2.37. The molecule has 0 aliphatic carbocycles. The average molecular weight is 332 g/mol. The zero-order valence-corrected chi connectivity index (χ0v) is 14.3. The number of ketones is 1. The van der Waals surface area contributed by atoms with Crippen LogP contribution < -0.4 is 4.74 Å². The summed E-state index contributed by atoms with van der Waals surface area (Å²) in [6.07, 6.45) is 0.534. The zero-order valence-electron chi connectivity index (χ0n) is 14.3. The van der Waals surface area contributed by atoms with Gasteiger partial charge in [0.2, 0.25) is 5.91 Å². The largest absolute Gasteiger partial charge is 0.494 e. The second-order valence-electron chi connectivity index (χ2n) is 5.83. The highest BCUT2D eigenvalue weighted by atomic mass is 16.5. The molecule has 1 heterocycles. The van der Waals surface area contributed by atoms with Crippen LogP contribution in [0.4, 0.5) is 0 Å². The third-order valence-corrected chi connectivity index (χ3v) is 4.02. The standard InChI is InChI=1S/C18H24N2O4/c1-3-24-16-7-5-15(6-8-16)18(23)20-12-10-19(11-13-20)17(22)9-4-14(2)21/h5-8H,3-4,9-13H2,1-2H3. The zero-order chi connectivity index (χ0) is 17.5. The molecule has 0 saturated carbocycles. The molecule has 2 amide bonds. The van der Waals surface area contributed by atoms with E-state index in [4.69, 9.17) is 4.74 Å². The maximum Gasteiger partial charge on any atom is 0.253 e. The Kier molecular flexibility index (Phi) is 6.35. The third-order valence-electron chi connectivity index (χ3n) is 4.02. The van der Waals surface area contributed by atoms with Gasteiger partial charge in [0.25, 0.3) is 5.91 Å². The molecule has 1 saturated heterocycles. The molecule has 1 aliphatic heterocycles. The van der Waals surface area contributed by atoms with Crippen LogP contribution >= 0.6 is 0 Å². The molecule has 1 fully saturated rings. The van der Waals surface area contributed by atoms with Gasteiger partial charge in [0.05, 0.1) is 6.61 Å². The molecular weight excluding hydrogens is 308 g/mol. The van der Waals surface area contributed by atoms with Crippen LogP contribution in [0.3, 0.4) is 0 Å². The average Bonchev–Trinajstić information content (AvgIpc) is 2.60. The van der Waals surface area contributed by atoms with Crippen molar-refractivity contribution in [2.45, 2.75) is 26.7 Å². The third kappa shape index (κ3) is 4.81. The lowest BCUT2D eigenvalue weighted by Crippen LogP contribution is -2.50. The van der Waals surface area contributed by atoms with Crippen molar-refractivity contribution in [1.82, 2.24) is 9.80 Å². The number of benzene rings is 1. The minimum atomic E-state index is -0.0334. The lowest BCUT2D eigenvalue weighted by atomic mass is 10.1. The molecule has 6 heteroatoms. The van der Waals surface area contributed by atoms with Crippen LogP contribution in [0.5, 0.6) is 5.75 Å². The maximum absolute atomic E-state index is 12.5. The molecule has 2 rings (SSSR count). The fourth-order valence-corrected chi connectivity index (χ4v) is 2.64. The summed E-state index contributed by atoms with van der Waals surface area (Å²) in [6.45, 7) is 6.04. The van der Waals surface area contributed by atoms with Crippen molar-refractivity contribution in [1.29, 1.82) is 0 Å². The fraction of sp³-hybridized carbons (Fsp3) is 0.500. The number of hydrogen-bond acceptors (Lipinski definition) is 4. The molecule has 6 nitrogen and oxygen atoms in total. The summed E-state index contributed by atoms with van der Waals surface area (Å²) in [7, 11) is 0. The van der Waals surface area contributed by atoms with Gasteiger partial charge in [-0.1, -0.05) is 0 Å². The summed E-state index contributed by atoms with van der Waals surface area (Å²) in [5.74, 6) is 0.717. The number of Topliss-reactive ketones (excluding diaryl/α,β-unsaturated/α-hetero) is 1. The molecule has 24 heavy (non-hydrogen) atoms. The predicted molar refractivity (Wildman–Crippen MR) is 90.0 cm³/mol. The molecule has 0 spiro atoms. The van der Waals surface area contributed by atoms with E-state index in [1.807, 2.05) is 6.92 Å². The first-order valence-electron chi connectivity index (χ1n) is 8.30. The normalized spacial score (nSPS) is 14.4. The van der Waals surface area contributed by atoms with Crippen LogP contribution in [-0.2, 0) is 9.59 Å². The van der Waals surface area contributed by atoms with Gasteiger partial charge in [-0.15, -0.1) is 0 Å². The highest BCUT2D eigenvalue weighted by Gasteiger charge is 2.24. The Bertz CT molecular complexity index is 590. The van der Waals surface area contributed by atoms with Crippen molar-refractivity contribution in [3.05, 3.63) is 29.8 Å². The van der Waals surface area contributed by atoms with Gasteiger partial charge < -0.3 is 19.3 Å². The van der Waals surface area contributed by atoms with Gasteiger partial charge >= 0.3 is 0 Å². The number of piperazine rings is 1. The number of nitrogens with zero attached hydrogens (tertiary/aromatic N) is 2. The van der Waals surface area contributed by atoms with Gasteiger partial charge in [0.15, 0.2) is 0 Å². The molecule has 1 aliphatic rings. The van der Waals surface area contributed by atoms with Gasteiger partial charge in [0, 0.05) is 44.6 Å². The molecule has 0 atom stereocenters. The van der Waals surface area contributed by atoms with Crippen LogP contribution in [0.15, 0.2) is 24.3 Å². The summed E-state index contributed by atoms with van der Waals surface area (Å²) in [4.78, 5) is 38.9. The van der Waals surface area contributed by atoms with Crippen LogP contribution in [0.2, 0.25) is 0 Å². The molecule has 1 aromatic rings. The molecule has 130 valence electrons. The van der Waals surface area contributed by atoms with E-state index in [2.05, 4.69) is 0 Å². The Morgan fingerprint density at radius 1 is 0.958 bits per heavy atom. The quantitative estimate of drug-likeness (QED) is 0.796. The molecule has 1 aromatic carbocycles. The summed E-state index contributed by atoms with van der Waals surface area (Å²) < 4.78 is 5.37. The predicted octanol–water partition coefficient (Wildman–Crippen LogP) is 1.74. The summed E-state index contributed by atoms with van der Waals surface area (Å²) in [6, 6.07) is 7.10. The number of ether oxygens (including phenoxy) is 1. The lowest BCUT2D eigenvalue weighted by molar-refractivity contribution is -0.134. The van der Waals surface area contributed by atoms with Gasteiger partial charge in [-0.25, -0.2) is 0 Å². The molecule has 0 N–H and O–H groups in total. The summed E-state index contributed by atoms with van der Waals surface area (Å²) in [5.41, 5.74) is 0.620. The van der Waals surface area contributed by atoms with Crippen molar-refractivity contribution in [3.63, 3.8) is 0 Å². The number of rotatable bonds is 6. The number of hydrogen-bond donors (Lipinski definition) is 0. The Morgan fingerprint density at radius 3 is 2.08 bits per heavy atom. The van der Waals surface area contributed by atoms with Gasteiger partial charge in [-0.3, -0.25) is 9.59 Å². The van der Waals surface area contributed by atoms with Crippen LogP contribution in [0.1, 0.15) is 37.0 Å². The topological polar surface area (TPSA) is 66.9 Å². The van der Waals surface area contributed by atoms with Gasteiger partial charge in [-0.2, -0.15) is 0 Å². The van der Waals surface area contributed by atoms with Crippen LogP contribution in [0.25, 0.3) is 0 Å². The number of carbonyl (C=O) groups excluding carboxylic acids is 3. The van der Waals surface area contributed by atoms with Crippen LogP contribution in [-0.4, -0.2) is 60.2 Å². The van der Waals surface area contributed by atoms with Gasteiger partial charge in [0.1, 0.15) is 11.5 Å². The minimum Gasteiger partial charge on any atom is -0.494 e. The van der Waals surface area contributed by atoms with Crippen molar-refractivity contribution < 1.29 is 19.1 Å². The SMILES string of the molecule is CCOc1ccc(C(=O)N2CCN(C(=O)CCC(C)=O)CC2)cc1. The monoisotopic (exact) mass is 332 g/mol. The van der Waals surface area contributed by atoms with E-state index in [0.29, 0.717) is 38.3 Å². The van der Waals surface area contributed by atoms with Crippen molar-refractivity contribution in [3.8, 4) is 5.75 Å². The Balaban J connectivity index is 1.86. The van der Waals surface area contributed by atoms with E-state index in [0.717, 1.165) is 5.75 Å². The first-order chi connectivity index (χ1) is 11.5. The first-order valence-corrected chi connectivity index (χ1v) is 8.30.